The lowest BCUT2D eigenvalue weighted by Gasteiger charge is -2.34. The number of rotatable bonds is 10. The summed E-state index contributed by atoms with van der Waals surface area (Å²) in [6.07, 6.45) is 4.27. The molecule has 7 heteroatoms. The lowest BCUT2D eigenvalue weighted by Crippen LogP contribution is -2.45. The largest absolute Gasteiger partial charge is 0.512 e. The van der Waals surface area contributed by atoms with E-state index in [4.69, 9.17) is 16.4 Å². The van der Waals surface area contributed by atoms with Gasteiger partial charge in [-0.2, -0.15) is 17.2 Å². The number of aliphatic hydroxyl groups excluding tert-OH is 1. The average molecular weight is 488 g/mol. The molecular formula is C17H27ClINO3S. The maximum absolute atomic E-state index is 12.7. The predicted octanol–water partition coefficient (Wildman–Crippen LogP) is 5.12. The molecule has 0 aliphatic heterocycles. The van der Waals surface area contributed by atoms with Crippen molar-refractivity contribution in [1.82, 2.24) is 5.48 Å². The molecule has 0 aromatic rings. The summed E-state index contributed by atoms with van der Waals surface area (Å²) in [5, 5.41) is 11.0. The van der Waals surface area contributed by atoms with Gasteiger partial charge >= 0.3 is 0 Å². The van der Waals surface area contributed by atoms with E-state index >= 15 is 0 Å². The first kappa shape index (κ1) is 22.3. The van der Waals surface area contributed by atoms with Gasteiger partial charge in [-0.15, -0.1) is 0 Å². The smallest absolute Gasteiger partial charge is 0.165 e. The Labute approximate surface area is 167 Å². The van der Waals surface area contributed by atoms with Crippen LogP contribution in [0.15, 0.2) is 22.9 Å². The van der Waals surface area contributed by atoms with Gasteiger partial charge in [0.2, 0.25) is 0 Å². The minimum absolute atomic E-state index is 0.0117. The molecule has 0 bridgehead atoms. The molecule has 138 valence electrons. The first-order valence-corrected chi connectivity index (χ1v) is 10.8. The molecule has 0 amide bonds. The van der Waals surface area contributed by atoms with Crippen molar-refractivity contribution < 1.29 is 14.7 Å². The molecule has 0 fully saturated rings. The fraction of sp³-hybridized carbons (Fsp3) is 0.706. The molecule has 24 heavy (non-hydrogen) atoms. The minimum atomic E-state index is -0.728. The van der Waals surface area contributed by atoms with Crippen LogP contribution in [0.25, 0.3) is 0 Å². The van der Waals surface area contributed by atoms with Crippen molar-refractivity contribution >= 4 is 51.7 Å². The number of thioether (sulfide) groups is 1. The number of hydrogen-bond acceptors (Lipinski definition) is 5. The molecule has 3 atom stereocenters. The summed E-state index contributed by atoms with van der Waals surface area (Å²) < 4.78 is -0.728. The Morgan fingerprint density at radius 1 is 1.54 bits per heavy atom. The highest BCUT2D eigenvalue weighted by atomic mass is 127. The summed E-state index contributed by atoms with van der Waals surface area (Å²) in [5.41, 5.74) is 4.75. The van der Waals surface area contributed by atoms with Crippen LogP contribution in [0, 0.1) is 5.92 Å². The third-order valence-corrected chi connectivity index (χ3v) is 6.82. The van der Waals surface area contributed by atoms with Crippen molar-refractivity contribution in [3.8, 4) is 0 Å². The second-order valence-corrected chi connectivity index (χ2v) is 9.76. The van der Waals surface area contributed by atoms with E-state index in [1.165, 1.54) is 5.54 Å². The number of alkyl halides is 1. The van der Waals surface area contributed by atoms with E-state index in [0.717, 1.165) is 12.2 Å². The summed E-state index contributed by atoms with van der Waals surface area (Å²) >= 11 is 9.51. The Hall–Kier alpha value is 0.240. The van der Waals surface area contributed by atoms with Gasteiger partial charge in [0.1, 0.15) is 9.30 Å². The first-order chi connectivity index (χ1) is 11.4. The molecule has 0 spiro atoms. The molecule has 0 saturated heterocycles. The molecular weight excluding hydrogens is 461 g/mol. The Kier molecular flexibility index (Phi) is 10.3. The molecule has 2 N–H and O–H groups in total. The van der Waals surface area contributed by atoms with Crippen LogP contribution in [0.1, 0.15) is 46.5 Å². The van der Waals surface area contributed by atoms with E-state index in [1.54, 1.807) is 6.08 Å². The Morgan fingerprint density at radius 3 is 2.79 bits per heavy atom. The van der Waals surface area contributed by atoms with Gasteiger partial charge in [-0.05, 0) is 30.6 Å². The van der Waals surface area contributed by atoms with Gasteiger partial charge in [0.25, 0.3) is 0 Å². The highest BCUT2D eigenvalue weighted by Crippen LogP contribution is 2.39. The quantitative estimate of drug-likeness (QED) is 0.147. The van der Waals surface area contributed by atoms with Crippen LogP contribution in [0.5, 0.6) is 0 Å². The number of hydroxylamine groups is 1. The van der Waals surface area contributed by atoms with Crippen molar-refractivity contribution in [2.24, 2.45) is 5.92 Å². The van der Waals surface area contributed by atoms with Crippen molar-refractivity contribution in [3.63, 3.8) is 0 Å². The van der Waals surface area contributed by atoms with Crippen molar-refractivity contribution in [1.29, 1.82) is 0 Å². The molecule has 1 aliphatic carbocycles. The van der Waals surface area contributed by atoms with Gasteiger partial charge in [0.05, 0.1) is 12.2 Å². The Balaban J connectivity index is 2.82. The van der Waals surface area contributed by atoms with E-state index < -0.39 is 3.55 Å². The zero-order valence-corrected chi connectivity index (χ0v) is 18.2. The van der Waals surface area contributed by atoms with Gasteiger partial charge in [-0.3, -0.25) is 9.63 Å². The van der Waals surface area contributed by atoms with Crippen LogP contribution in [0.3, 0.4) is 0 Å². The molecule has 0 aromatic heterocycles. The summed E-state index contributed by atoms with van der Waals surface area (Å²) in [6.45, 7) is 6.58. The van der Waals surface area contributed by atoms with Crippen molar-refractivity contribution in [2.75, 3.05) is 12.4 Å². The molecule has 3 unspecified atom stereocenters. The van der Waals surface area contributed by atoms with Gasteiger partial charge in [0.15, 0.2) is 5.78 Å². The number of hydrogen-bond donors (Lipinski definition) is 2. The average Bonchev–Trinajstić information content (AvgIpc) is 2.51. The first-order valence-electron chi connectivity index (χ1n) is 8.28. The van der Waals surface area contributed by atoms with Crippen molar-refractivity contribution in [3.05, 3.63) is 22.9 Å². The number of carbonyl (C=O) groups excluding carboxylic acids is 1. The Bertz CT molecular complexity index is 486. The van der Waals surface area contributed by atoms with Crippen LogP contribution in [-0.2, 0) is 9.63 Å². The number of allylic oxidation sites excluding steroid dienone is 1. The SMILES string of the molecule is CCSC(C)CC1CC(=O)C(C(I)(CC)NOCC=CCl)=C(O)C1. The van der Waals surface area contributed by atoms with Crippen LogP contribution in [0.4, 0.5) is 0 Å². The zero-order chi connectivity index (χ0) is 18.2. The topological polar surface area (TPSA) is 58.6 Å². The van der Waals surface area contributed by atoms with E-state index in [-0.39, 0.29) is 17.5 Å². The number of aliphatic hydroxyl groups is 1. The van der Waals surface area contributed by atoms with Crippen LogP contribution < -0.4 is 5.48 Å². The summed E-state index contributed by atoms with van der Waals surface area (Å²) in [7, 11) is 0. The van der Waals surface area contributed by atoms with Crippen LogP contribution in [0.2, 0.25) is 0 Å². The second-order valence-electron chi connectivity index (χ2n) is 5.95. The number of ketones is 1. The van der Waals surface area contributed by atoms with Crippen LogP contribution >= 0.6 is 46.0 Å². The van der Waals surface area contributed by atoms with Gasteiger partial charge in [-0.1, -0.05) is 55.0 Å². The van der Waals surface area contributed by atoms with E-state index in [1.807, 2.05) is 18.7 Å². The number of halogens is 2. The molecule has 1 rings (SSSR count). The second kappa shape index (κ2) is 11.1. The van der Waals surface area contributed by atoms with Crippen LogP contribution in [-0.4, -0.2) is 32.0 Å². The molecule has 1 aliphatic rings. The minimum Gasteiger partial charge on any atom is -0.512 e. The van der Waals surface area contributed by atoms with E-state index in [2.05, 4.69) is 41.9 Å². The third kappa shape index (κ3) is 6.52. The standard InChI is InChI=1S/C17H27ClINO3S/c1-4-17(19,20-23-8-6-7-18)16-14(21)10-13(11-15(16)22)9-12(3)24-5-2/h6-7,12-13,20-21H,4-5,8-11H2,1-3H3. The maximum Gasteiger partial charge on any atom is 0.165 e. The monoisotopic (exact) mass is 487 g/mol. The summed E-state index contributed by atoms with van der Waals surface area (Å²) in [5.74, 6) is 1.50. The number of nitrogens with one attached hydrogen (secondary N) is 1. The lowest BCUT2D eigenvalue weighted by atomic mass is 9.81. The molecule has 0 aromatic carbocycles. The summed E-state index contributed by atoms with van der Waals surface area (Å²) in [6, 6.07) is 0. The zero-order valence-electron chi connectivity index (χ0n) is 14.5. The maximum atomic E-state index is 12.7. The van der Waals surface area contributed by atoms with Gasteiger partial charge in [0, 0.05) is 23.6 Å². The lowest BCUT2D eigenvalue weighted by molar-refractivity contribution is -0.118. The number of carbonyl (C=O) groups is 1. The van der Waals surface area contributed by atoms with Gasteiger partial charge < -0.3 is 5.11 Å². The third-order valence-electron chi connectivity index (χ3n) is 4.03. The predicted molar refractivity (Wildman–Crippen MR) is 111 cm³/mol. The molecule has 4 nitrogen and oxygen atoms in total. The Morgan fingerprint density at radius 2 is 2.25 bits per heavy atom. The van der Waals surface area contributed by atoms with E-state index in [0.29, 0.717) is 36.7 Å². The molecule has 0 heterocycles. The normalized spacial score (nSPS) is 22.9. The number of Topliss-reactive ketones (excluding diaryl/α,β-unsaturated/α-hetero) is 1. The molecule has 0 radical (unpaired) electrons. The fourth-order valence-electron chi connectivity index (χ4n) is 2.95. The van der Waals surface area contributed by atoms with Gasteiger partial charge in [-0.25, -0.2) is 0 Å². The highest BCUT2D eigenvalue weighted by molar-refractivity contribution is 14.1. The highest BCUT2D eigenvalue weighted by Gasteiger charge is 2.40. The fourth-order valence-corrected chi connectivity index (χ4v) is 4.77. The summed E-state index contributed by atoms with van der Waals surface area (Å²) in [4.78, 5) is 18.1. The van der Waals surface area contributed by atoms with E-state index in [9.17, 15) is 9.90 Å². The molecule has 0 saturated carbocycles. The van der Waals surface area contributed by atoms with Crippen molar-refractivity contribution in [2.45, 2.75) is 55.3 Å².